The normalized spacial score (nSPS) is 11.8. The van der Waals surface area contributed by atoms with Crippen molar-refractivity contribution in [1.82, 2.24) is 5.32 Å². The van der Waals surface area contributed by atoms with Gasteiger partial charge in [0, 0.05) is 11.8 Å². The second-order valence-corrected chi connectivity index (χ2v) is 4.90. The molecule has 0 saturated carbocycles. The van der Waals surface area contributed by atoms with Gasteiger partial charge in [0.25, 0.3) is 0 Å². The van der Waals surface area contributed by atoms with Gasteiger partial charge in [0.05, 0.1) is 20.3 Å². The molecule has 0 heterocycles. The Labute approximate surface area is 127 Å². The number of ether oxygens (including phenoxy) is 2. The summed E-state index contributed by atoms with van der Waals surface area (Å²) in [5.41, 5.74) is 0.702. The van der Waals surface area contributed by atoms with E-state index in [1.807, 2.05) is 7.05 Å². The molecule has 0 radical (unpaired) electrons. The molecule has 1 unspecified atom stereocenters. The monoisotopic (exact) mass is 294 g/mol. The molecule has 5 nitrogen and oxygen atoms in total. The van der Waals surface area contributed by atoms with Gasteiger partial charge >= 0.3 is 0 Å². The van der Waals surface area contributed by atoms with Crippen molar-refractivity contribution in [3.63, 3.8) is 0 Å². The van der Waals surface area contributed by atoms with Crippen LogP contribution in [-0.4, -0.2) is 33.2 Å². The zero-order valence-electron chi connectivity index (χ0n) is 13.4. The molecule has 21 heavy (non-hydrogen) atoms. The summed E-state index contributed by atoms with van der Waals surface area (Å²) in [6, 6.07) is 5.16. The van der Waals surface area contributed by atoms with E-state index in [1.165, 1.54) is 0 Å². The Hall–Kier alpha value is -1.75. The summed E-state index contributed by atoms with van der Waals surface area (Å²) < 4.78 is 10.4. The average Bonchev–Trinajstić information content (AvgIpc) is 2.51. The van der Waals surface area contributed by atoms with Crippen LogP contribution >= 0.6 is 0 Å². The molecular weight excluding hydrogens is 268 g/mol. The molecule has 1 rings (SSSR count). The first-order valence-electron chi connectivity index (χ1n) is 7.36. The Bertz CT molecular complexity index is 449. The van der Waals surface area contributed by atoms with Crippen LogP contribution in [0, 0.1) is 0 Å². The number of anilines is 1. The summed E-state index contributed by atoms with van der Waals surface area (Å²) >= 11 is 0. The van der Waals surface area contributed by atoms with Crippen LogP contribution in [0.4, 0.5) is 5.69 Å². The molecule has 0 fully saturated rings. The highest BCUT2D eigenvalue weighted by Crippen LogP contribution is 2.29. The summed E-state index contributed by atoms with van der Waals surface area (Å²) in [4.78, 5) is 12.2. The van der Waals surface area contributed by atoms with Crippen LogP contribution in [0.1, 0.15) is 32.6 Å². The number of benzene rings is 1. The van der Waals surface area contributed by atoms with Gasteiger partial charge in [-0.3, -0.25) is 4.79 Å². The topological polar surface area (TPSA) is 59.6 Å². The van der Waals surface area contributed by atoms with Crippen LogP contribution < -0.4 is 20.1 Å². The van der Waals surface area contributed by atoms with Crippen molar-refractivity contribution in [2.75, 3.05) is 26.6 Å². The van der Waals surface area contributed by atoms with Crippen LogP contribution in [0.25, 0.3) is 0 Å². The largest absolute Gasteiger partial charge is 0.493 e. The van der Waals surface area contributed by atoms with Crippen molar-refractivity contribution in [2.24, 2.45) is 0 Å². The summed E-state index contributed by atoms with van der Waals surface area (Å²) in [7, 11) is 4.97. The number of amides is 1. The fourth-order valence-electron chi connectivity index (χ4n) is 2.15. The molecular formula is C16H26N2O3. The Morgan fingerprint density at radius 1 is 1.19 bits per heavy atom. The standard InChI is InChI=1S/C16H26N2O3/c1-5-6-7-8-13(17-2)16(19)18-12-9-10-14(20-3)15(11-12)21-4/h9-11,13,17H,5-8H2,1-4H3,(H,18,19). The minimum absolute atomic E-state index is 0.0270. The number of unbranched alkanes of at least 4 members (excludes halogenated alkanes) is 2. The third-order valence-electron chi connectivity index (χ3n) is 3.41. The summed E-state index contributed by atoms with van der Waals surface area (Å²) in [6.45, 7) is 2.15. The number of methoxy groups -OCH3 is 2. The maximum Gasteiger partial charge on any atom is 0.241 e. The van der Waals surface area contributed by atoms with Crippen molar-refractivity contribution in [3.05, 3.63) is 18.2 Å². The van der Waals surface area contributed by atoms with Crippen LogP contribution in [-0.2, 0) is 4.79 Å². The first-order chi connectivity index (χ1) is 10.2. The van der Waals surface area contributed by atoms with Gasteiger partial charge in [0.1, 0.15) is 0 Å². The van der Waals surface area contributed by atoms with Gasteiger partial charge in [-0.2, -0.15) is 0 Å². The van der Waals surface area contributed by atoms with E-state index < -0.39 is 0 Å². The van der Waals surface area contributed by atoms with E-state index in [0.29, 0.717) is 17.2 Å². The molecule has 0 aliphatic heterocycles. The maximum atomic E-state index is 12.2. The minimum atomic E-state index is -0.176. The molecule has 0 saturated heterocycles. The Balaban J connectivity index is 2.68. The Morgan fingerprint density at radius 3 is 2.48 bits per heavy atom. The van der Waals surface area contributed by atoms with Crippen LogP contribution in [0.15, 0.2) is 18.2 Å². The van der Waals surface area contributed by atoms with Gasteiger partial charge in [-0.1, -0.05) is 26.2 Å². The number of nitrogens with one attached hydrogen (secondary N) is 2. The molecule has 0 aromatic heterocycles. The lowest BCUT2D eigenvalue weighted by atomic mass is 10.1. The first kappa shape index (κ1) is 17.3. The number of hydrogen-bond donors (Lipinski definition) is 2. The lowest BCUT2D eigenvalue weighted by Gasteiger charge is -2.16. The third kappa shape index (κ3) is 5.27. The number of rotatable bonds is 9. The Kier molecular flexibility index (Phi) is 7.61. The highest BCUT2D eigenvalue weighted by Gasteiger charge is 2.16. The lowest BCUT2D eigenvalue weighted by molar-refractivity contribution is -0.118. The molecule has 1 aromatic rings. The zero-order valence-corrected chi connectivity index (χ0v) is 13.4. The molecule has 0 aliphatic carbocycles. The molecule has 1 atom stereocenters. The van der Waals surface area contributed by atoms with Crippen LogP contribution in [0.5, 0.6) is 11.5 Å². The summed E-state index contributed by atoms with van der Waals surface area (Å²) in [5, 5.41) is 5.97. The molecule has 1 amide bonds. The Morgan fingerprint density at radius 2 is 1.90 bits per heavy atom. The molecule has 0 aliphatic rings. The third-order valence-corrected chi connectivity index (χ3v) is 3.41. The van der Waals surface area contributed by atoms with Gasteiger partial charge in [0.15, 0.2) is 11.5 Å². The number of carbonyl (C=O) groups excluding carboxylic acids is 1. The molecule has 0 spiro atoms. The van der Waals surface area contributed by atoms with Crippen molar-refractivity contribution < 1.29 is 14.3 Å². The van der Waals surface area contributed by atoms with E-state index in [0.717, 1.165) is 25.7 Å². The summed E-state index contributed by atoms with van der Waals surface area (Å²) in [5.74, 6) is 1.21. The van der Waals surface area contributed by atoms with Crippen molar-refractivity contribution in [3.8, 4) is 11.5 Å². The van der Waals surface area contributed by atoms with E-state index in [4.69, 9.17) is 9.47 Å². The van der Waals surface area contributed by atoms with E-state index in [1.54, 1.807) is 32.4 Å². The van der Waals surface area contributed by atoms with Gasteiger partial charge in [-0.25, -0.2) is 0 Å². The molecule has 5 heteroatoms. The number of carbonyl (C=O) groups is 1. The first-order valence-corrected chi connectivity index (χ1v) is 7.36. The highest BCUT2D eigenvalue weighted by atomic mass is 16.5. The predicted octanol–water partition coefficient (Wildman–Crippen LogP) is 2.81. The smallest absolute Gasteiger partial charge is 0.241 e. The van der Waals surface area contributed by atoms with Crippen molar-refractivity contribution >= 4 is 11.6 Å². The zero-order chi connectivity index (χ0) is 15.7. The molecule has 0 bridgehead atoms. The van der Waals surface area contributed by atoms with Crippen LogP contribution in [0.3, 0.4) is 0 Å². The number of hydrogen-bond acceptors (Lipinski definition) is 4. The van der Waals surface area contributed by atoms with E-state index in [2.05, 4.69) is 17.6 Å². The van der Waals surface area contributed by atoms with Gasteiger partial charge in [-0.05, 0) is 25.6 Å². The lowest BCUT2D eigenvalue weighted by Crippen LogP contribution is -2.38. The highest BCUT2D eigenvalue weighted by molar-refractivity contribution is 5.95. The average molecular weight is 294 g/mol. The van der Waals surface area contributed by atoms with Crippen molar-refractivity contribution in [2.45, 2.75) is 38.6 Å². The second-order valence-electron chi connectivity index (χ2n) is 4.90. The van der Waals surface area contributed by atoms with Gasteiger partial charge in [-0.15, -0.1) is 0 Å². The summed E-state index contributed by atoms with van der Waals surface area (Å²) in [6.07, 6.45) is 4.17. The fraction of sp³-hybridized carbons (Fsp3) is 0.562. The van der Waals surface area contributed by atoms with E-state index in [9.17, 15) is 4.79 Å². The fourth-order valence-corrected chi connectivity index (χ4v) is 2.15. The van der Waals surface area contributed by atoms with Crippen LogP contribution in [0.2, 0.25) is 0 Å². The number of likely N-dealkylation sites (N-methyl/N-ethyl adjacent to an activating group) is 1. The van der Waals surface area contributed by atoms with Gasteiger partial charge < -0.3 is 20.1 Å². The minimum Gasteiger partial charge on any atom is -0.493 e. The molecule has 118 valence electrons. The predicted molar refractivity (Wildman–Crippen MR) is 85.2 cm³/mol. The second kappa shape index (κ2) is 9.23. The SMILES string of the molecule is CCCCCC(NC)C(=O)Nc1ccc(OC)c(OC)c1. The van der Waals surface area contributed by atoms with E-state index in [-0.39, 0.29) is 11.9 Å². The molecule has 2 N–H and O–H groups in total. The quantitative estimate of drug-likeness (QED) is 0.688. The van der Waals surface area contributed by atoms with Crippen molar-refractivity contribution in [1.29, 1.82) is 0 Å². The maximum absolute atomic E-state index is 12.2. The van der Waals surface area contributed by atoms with Gasteiger partial charge in [0.2, 0.25) is 5.91 Å². The molecule has 1 aromatic carbocycles. The van der Waals surface area contributed by atoms with E-state index >= 15 is 0 Å².